The fourth-order valence-corrected chi connectivity index (χ4v) is 6.17. The van der Waals surface area contributed by atoms with Crippen molar-refractivity contribution in [1.29, 1.82) is 0 Å². The number of carbonyl (C=O) groups is 2. The van der Waals surface area contributed by atoms with Gasteiger partial charge in [0.1, 0.15) is 10.9 Å². The summed E-state index contributed by atoms with van der Waals surface area (Å²) >= 11 is 22.5. The van der Waals surface area contributed by atoms with Crippen LogP contribution in [0.5, 0.6) is 11.5 Å². The summed E-state index contributed by atoms with van der Waals surface area (Å²) in [6.45, 7) is 2.33. The maximum atomic E-state index is 13.3. The summed E-state index contributed by atoms with van der Waals surface area (Å²) in [4.78, 5) is 26.9. The first-order valence-electron chi connectivity index (χ1n) is 11.3. The van der Waals surface area contributed by atoms with Crippen LogP contribution in [-0.4, -0.2) is 32.8 Å². The van der Waals surface area contributed by atoms with Crippen molar-refractivity contribution in [2.45, 2.75) is 19.6 Å². The van der Waals surface area contributed by atoms with Crippen LogP contribution in [0.25, 0.3) is 6.08 Å². The minimum absolute atomic E-state index is 0.116. The predicted molar refractivity (Wildman–Crippen MR) is 158 cm³/mol. The number of halogens is 3. The van der Waals surface area contributed by atoms with Crippen molar-refractivity contribution in [2.24, 2.45) is 0 Å². The van der Waals surface area contributed by atoms with Gasteiger partial charge in [-0.3, -0.25) is 9.69 Å². The number of carboxylic acids is 1. The number of amides is 1. The Bertz CT molecular complexity index is 1410. The molecule has 0 spiro atoms. The largest absolute Gasteiger partial charge is 0.490 e. The summed E-state index contributed by atoms with van der Waals surface area (Å²) < 4.78 is 12.6. The molecule has 0 aromatic heterocycles. The van der Waals surface area contributed by atoms with E-state index in [1.165, 1.54) is 0 Å². The standard InChI is InChI=1S/C27H20BrCl2NO5S2/c1-2-35-21-12-15(11-18(28)24(21)36-14-17-19(29)9-6-10-20(17)30)13-22-25(32)31(27(37)38-22)23(26(33)34)16-7-4-3-5-8-16/h3-13,23H,2,14H2,1H3,(H,33,34)/b22-13-. The maximum absolute atomic E-state index is 13.3. The van der Waals surface area contributed by atoms with Gasteiger partial charge in [-0.15, -0.1) is 0 Å². The Balaban J connectivity index is 1.63. The van der Waals surface area contributed by atoms with Crippen LogP contribution in [0.4, 0.5) is 0 Å². The number of nitrogens with zero attached hydrogens (tertiary/aromatic N) is 1. The summed E-state index contributed by atoms with van der Waals surface area (Å²) in [5.41, 5.74) is 1.74. The lowest BCUT2D eigenvalue weighted by Crippen LogP contribution is -2.37. The molecule has 196 valence electrons. The van der Waals surface area contributed by atoms with Crippen molar-refractivity contribution in [3.8, 4) is 11.5 Å². The zero-order valence-corrected chi connectivity index (χ0v) is 24.6. The summed E-state index contributed by atoms with van der Waals surface area (Å²) in [6, 6.07) is 16.0. The van der Waals surface area contributed by atoms with Crippen molar-refractivity contribution in [3.05, 3.63) is 96.8 Å². The van der Waals surface area contributed by atoms with Crippen molar-refractivity contribution < 1.29 is 24.2 Å². The van der Waals surface area contributed by atoms with Gasteiger partial charge in [0.25, 0.3) is 5.91 Å². The number of rotatable bonds is 9. The molecule has 11 heteroatoms. The highest BCUT2D eigenvalue weighted by atomic mass is 79.9. The van der Waals surface area contributed by atoms with E-state index in [9.17, 15) is 14.7 Å². The molecule has 4 rings (SSSR count). The van der Waals surface area contributed by atoms with Crippen LogP contribution in [0, 0.1) is 0 Å². The highest BCUT2D eigenvalue weighted by Crippen LogP contribution is 2.42. The summed E-state index contributed by atoms with van der Waals surface area (Å²) in [7, 11) is 0. The van der Waals surface area contributed by atoms with Crippen molar-refractivity contribution in [2.75, 3.05) is 6.61 Å². The molecule has 1 aliphatic heterocycles. The van der Waals surface area contributed by atoms with Crippen LogP contribution in [0.1, 0.15) is 29.7 Å². The van der Waals surface area contributed by atoms with E-state index in [-0.39, 0.29) is 10.9 Å². The average Bonchev–Trinajstić information content (AvgIpc) is 3.13. The quantitative estimate of drug-likeness (QED) is 0.187. The van der Waals surface area contributed by atoms with Crippen molar-refractivity contribution in [1.82, 2.24) is 4.90 Å². The third-order valence-electron chi connectivity index (χ3n) is 5.48. The molecule has 1 unspecified atom stereocenters. The molecule has 0 radical (unpaired) electrons. The monoisotopic (exact) mass is 651 g/mol. The van der Waals surface area contributed by atoms with E-state index in [4.69, 9.17) is 44.9 Å². The number of benzene rings is 3. The molecule has 3 aromatic rings. The Kier molecular flexibility index (Phi) is 9.38. The zero-order chi connectivity index (χ0) is 27.4. The number of thioether (sulfide) groups is 1. The van der Waals surface area contributed by atoms with Crippen molar-refractivity contribution >= 4 is 85.4 Å². The van der Waals surface area contributed by atoms with Crippen molar-refractivity contribution in [3.63, 3.8) is 0 Å². The lowest BCUT2D eigenvalue weighted by atomic mass is 10.1. The molecule has 1 N–H and O–H groups in total. The molecule has 1 fully saturated rings. The summed E-state index contributed by atoms with van der Waals surface area (Å²) in [5.74, 6) is -0.767. The molecule has 1 saturated heterocycles. The molecule has 38 heavy (non-hydrogen) atoms. The topological polar surface area (TPSA) is 76.1 Å². The van der Waals surface area contributed by atoms with Gasteiger partial charge in [-0.1, -0.05) is 83.6 Å². The maximum Gasteiger partial charge on any atom is 0.331 e. The summed E-state index contributed by atoms with van der Waals surface area (Å²) in [6.07, 6.45) is 1.64. The van der Waals surface area contributed by atoms with Crippen LogP contribution < -0.4 is 9.47 Å². The molecular formula is C27H20BrCl2NO5S2. The number of carbonyl (C=O) groups excluding carboxylic acids is 1. The van der Waals surface area contributed by atoms with Gasteiger partial charge in [0.2, 0.25) is 0 Å². The predicted octanol–water partition coefficient (Wildman–Crippen LogP) is 7.76. The molecular weight excluding hydrogens is 633 g/mol. The van der Waals surface area contributed by atoms with E-state index in [0.29, 0.717) is 54.2 Å². The summed E-state index contributed by atoms with van der Waals surface area (Å²) in [5, 5.41) is 10.9. The SMILES string of the molecule is CCOc1cc(/C=C2\SC(=S)N(C(C(=O)O)c3ccccc3)C2=O)cc(Br)c1OCc1c(Cl)cccc1Cl. The molecule has 1 amide bonds. The van der Waals surface area contributed by atoms with Crippen LogP contribution in [0.2, 0.25) is 10.0 Å². The van der Waals surface area contributed by atoms with E-state index in [1.807, 2.05) is 6.92 Å². The number of ether oxygens (including phenoxy) is 2. The molecule has 1 atom stereocenters. The lowest BCUT2D eigenvalue weighted by molar-refractivity contribution is -0.145. The number of aliphatic carboxylic acids is 1. The van der Waals surface area contributed by atoms with Gasteiger partial charge in [0.05, 0.1) is 16.0 Å². The number of carboxylic acid groups (broad SMARTS) is 1. The van der Waals surface area contributed by atoms with E-state index in [2.05, 4.69) is 15.9 Å². The molecule has 6 nitrogen and oxygen atoms in total. The molecule has 0 aliphatic carbocycles. The molecule has 0 bridgehead atoms. The van der Waals surface area contributed by atoms with Gasteiger partial charge >= 0.3 is 5.97 Å². The second-order valence-electron chi connectivity index (χ2n) is 7.96. The Morgan fingerprint density at radius 1 is 1.13 bits per heavy atom. The third-order valence-corrected chi connectivity index (χ3v) is 8.11. The second kappa shape index (κ2) is 12.5. The fourth-order valence-electron chi connectivity index (χ4n) is 3.78. The normalized spacial score (nSPS) is 15.2. The van der Waals surface area contributed by atoms with Gasteiger partial charge in [-0.25, -0.2) is 4.79 Å². The first-order valence-corrected chi connectivity index (χ1v) is 14.1. The minimum atomic E-state index is -1.23. The minimum Gasteiger partial charge on any atom is -0.490 e. The number of hydrogen-bond acceptors (Lipinski definition) is 6. The molecule has 3 aromatic carbocycles. The highest BCUT2D eigenvalue weighted by Gasteiger charge is 2.41. The average molecular weight is 653 g/mol. The molecule has 1 heterocycles. The molecule has 1 aliphatic rings. The number of thiocarbonyl (C=S) groups is 1. The smallest absolute Gasteiger partial charge is 0.331 e. The number of hydrogen-bond donors (Lipinski definition) is 1. The van der Waals surface area contributed by atoms with Gasteiger partial charge in [0.15, 0.2) is 17.5 Å². The second-order valence-corrected chi connectivity index (χ2v) is 11.3. The van der Waals surface area contributed by atoms with Crippen LogP contribution in [-0.2, 0) is 16.2 Å². The molecule has 0 saturated carbocycles. The first kappa shape index (κ1) is 28.4. The van der Waals surface area contributed by atoms with E-state index in [1.54, 1.807) is 66.7 Å². The van der Waals surface area contributed by atoms with E-state index >= 15 is 0 Å². The van der Waals surface area contributed by atoms with Gasteiger partial charge < -0.3 is 14.6 Å². The third kappa shape index (κ3) is 6.18. The van der Waals surface area contributed by atoms with E-state index < -0.39 is 17.9 Å². The Labute approximate surface area is 247 Å². The van der Waals surface area contributed by atoms with Gasteiger partial charge in [-0.05, 0) is 64.3 Å². The van der Waals surface area contributed by atoms with Crippen LogP contribution in [0.3, 0.4) is 0 Å². The highest BCUT2D eigenvalue weighted by molar-refractivity contribution is 9.10. The van der Waals surface area contributed by atoms with Crippen LogP contribution >= 0.6 is 63.1 Å². The lowest BCUT2D eigenvalue weighted by Gasteiger charge is -2.23. The van der Waals surface area contributed by atoms with Crippen LogP contribution in [0.15, 0.2) is 70.0 Å². The zero-order valence-electron chi connectivity index (χ0n) is 19.8. The van der Waals surface area contributed by atoms with E-state index in [0.717, 1.165) is 16.7 Å². The Morgan fingerprint density at radius 2 is 1.82 bits per heavy atom. The Hall–Kier alpha value is -2.56. The fraction of sp³-hybridized carbons (Fsp3) is 0.148. The Morgan fingerprint density at radius 3 is 2.45 bits per heavy atom. The van der Waals surface area contributed by atoms with Gasteiger partial charge in [0, 0.05) is 15.6 Å². The first-order chi connectivity index (χ1) is 18.2. The van der Waals surface area contributed by atoms with Gasteiger partial charge in [-0.2, -0.15) is 0 Å².